The third-order valence-electron chi connectivity index (χ3n) is 4.38. The van der Waals surface area contributed by atoms with Crippen molar-refractivity contribution in [2.75, 3.05) is 0 Å². The number of esters is 1. The zero-order valence-corrected chi connectivity index (χ0v) is 16.6. The van der Waals surface area contributed by atoms with E-state index in [1.165, 1.54) is 24.1 Å². The van der Waals surface area contributed by atoms with Crippen molar-refractivity contribution in [1.82, 2.24) is 0 Å². The standard InChI is InChI=1S/C22H30O4/c1-15(8-7-9-16(2)12-21(24)25)10-11-20-17(3)13-19(26-18(4)23)14-22(20,5)6/h7-12,19H,13-14H2,1-6H3,(H,24,25). The molecule has 0 saturated carbocycles. The van der Waals surface area contributed by atoms with Crippen LogP contribution in [0.3, 0.4) is 0 Å². The first-order valence-corrected chi connectivity index (χ1v) is 8.83. The molecular formula is C22H30O4. The Labute approximate surface area is 156 Å². The lowest BCUT2D eigenvalue weighted by Crippen LogP contribution is -2.31. The summed E-state index contributed by atoms with van der Waals surface area (Å²) in [5, 5.41) is 8.69. The number of carboxylic acids is 1. The second kappa shape index (κ2) is 9.37. The minimum atomic E-state index is -0.943. The van der Waals surface area contributed by atoms with Crippen LogP contribution in [0.2, 0.25) is 0 Å². The molecule has 0 amide bonds. The van der Waals surface area contributed by atoms with Gasteiger partial charge in [-0.05, 0) is 43.8 Å². The summed E-state index contributed by atoms with van der Waals surface area (Å²) in [4.78, 5) is 21.8. The Kier molecular flexibility index (Phi) is 7.81. The van der Waals surface area contributed by atoms with Crippen LogP contribution in [-0.4, -0.2) is 23.1 Å². The van der Waals surface area contributed by atoms with Gasteiger partial charge < -0.3 is 9.84 Å². The quantitative estimate of drug-likeness (QED) is 0.405. The van der Waals surface area contributed by atoms with Gasteiger partial charge in [-0.2, -0.15) is 0 Å². The average molecular weight is 358 g/mol. The lowest BCUT2D eigenvalue weighted by atomic mass is 9.71. The molecule has 4 heteroatoms. The molecule has 1 unspecified atom stereocenters. The summed E-state index contributed by atoms with van der Waals surface area (Å²) in [7, 11) is 0. The monoisotopic (exact) mass is 358 g/mol. The summed E-state index contributed by atoms with van der Waals surface area (Å²) < 4.78 is 5.41. The van der Waals surface area contributed by atoms with Crippen molar-refractivity contribution < 1.29 is 19.4 Å². The van der Waals surface area contributed by atoms with Crippen LogP contribution in [0.1, 0.15) is 54.4 Å². The molecule has 142 valence electrons. The van der Waals surface area contributed by atoms with Gasteiger partial charge in [0, 0.05) is 19.4 Å². The van der Waals surface area contributed by atoms with E-state index in [4.69, 9.17) is 9.84 Å². The molecule has 0 bridgehead atoms. The SMILES string of the molecule is CC(=O)OC1CC(C)=C(C=CC(C)=CC=CC(C)=CC(=O)O)C(C)(C)C1. The first-order chi connectivity index (χ1) is 12.0. The minimum absolute atomic E-state index is 0.0526. The van der Waals surface area contributed by atoms with Crippen molar-refractivity contribution in [3.8, 4) is 0 Å². The largest absolute Gasteiger partial charge is 0.478 e. The number of carboxylic acid groups (broad SMARTS) is 1. The highest BCUT2D eigenvalue weighted by molar-refractivity contribution is 5.81. The van der Waals surface area contributed by atoms with E-state index in [1.807, 2.05) is 19.1 Å². The molecule has 0 spiro atoms. The van der Waals surface area contributed by atoms with Gasteiger partial charge >= 0.3 is 11.9 Å². The molecule has 1 aliphatic carbocycles. The van der Waals surface area contributed by atoms with Gasteiger partial charge in [0.2, 0.25) is 0 Å². The van der Waals surface area contributed by atoms with E-state index in [2.05, 4.69) is 32.9 Å². The summed E-state index contributed by atoms with van der Waals surface area (Å²) in [5.41, 5.74) is 4.22. The first-order valence-electron chi connectivity index (χ1n) is 8.83. The first kappa shape index (κ1) is 21.7. The molecule has 1 aliphatic rings. The number of ether oxygens (including phenoxy) is 1. The van der Waals surface area contributed by atoms with E-state index in [0.29, 0.717) is 5.57 Å². The fourth-order valence-electron chi connectivity index (χ4n) is 3.33. The number of hydrogen-bond acceptors (Lipinski definition) is 3. The highest BCUT2D eigenvalue weighted by Crippen LogP contribution is 2.42. The fraction of sp³-hybridized carbons (Fsp3) is 0.455. The van der Waals surface area contributed by atoms with E-state index < -0.39 is 5.97 Å². The van der Waals surface area contributed by atoms with Gasteiger partial charge in [0.05, 0.1) is 0 Å². The van der Waals surface area contributed by atoms with Crippen LogP contribution in [0.5, 0.6) is 0 Å². The molecule has 0 aromatic rings. The van der Waals surface area contributed by atoms with Gasteiger partial charge in [0.1, 0.15) is 6.10 Å². The average Bonchev–Trinajstić information content (AvgIpc) is 2.43. The second-order valence-electron chi connectivity index (χ2n) is 7.55. The van der Waals surface area contributed by atoms with Crippen molar-refractivity contribution in [2.45, 2.75) is 60.5 Å². The van der Waals surface area contributed by atoms with Gasteiger partial charge in [-0.15, -0.1) is 0 Å². The van der Waals surface area contributed by atoms with Crippen LogP contribution in [-0.2, 0) is 14.3 Å². The van der Waals surface area contributed by atoms with E-state index in [-0.39, 0.29) is 17.5 Å². The zero-order chi connectivity index (χ0) is 19.9. The second-order valence-corrected chi connectivity index (χ2v) is 7.55. The van der Waals surface area contributed by atoms with Crippen molar-refractivity contribution in [2.24, 2.45) is 5.41 Å². The van der Waals surface area contributed by atoms with E-state index >= 15 is 0 Å². The predicted octanol–water partition coefficient (Wildman–Crippen LogP) is 5.14. The Morgan fingerprint density at radius 2 is 1.81 bits per heavy atom. The fourth-order valence-corrected chi connectivity index (χ4v) is 3.33. The summed E-state index contributed by atoms with van der Waals surface area (Å²) >= 11 is 0. The van der Waals surface area contributed by atoms with Crippen LogP contribution in [0.25, 0.3) is 0 Å². The summed E-state index contributed by atoms with van der Waals surface area (Å²) in [5.74, 6) is -1.17. The maximum absolute atomic E-state index is 11.2. The lowest BCUT2D eigenvalue weighted by molar-refractivity contribution is -0.147. The number of rotatable bonds is 6. The Bertz CT molecular complexity index is 700. The number of hydrogen-bond donors (Lipinski definition) is 1. The molecule has 0 aromatic heterocycles. The Morgan fingerprint density at radius 1 is 1.15 bits per heavy atom. The van der Waals surface area contributed by atoms with Crippen LogP contribution in [0.4, 0.5) is 0 Å². The Balaban J connectivity index is 2.88. The molecule has 0 aromatic carbocycles. The number of allylic oxidation sites excluding steroid dienone is 8. The molecule has 4 nitrogen and oxygen atoms in total. The van der Waals surface area contributed by atoms with Gasteiger partial charge in [0.25, 0.3) is 0 Å². The highest BCUT2D eigenvalue weighted by atomic mass is 16.5. The van der Waals surface area contributed by atoms with Crippen LogP contribution in [0, 0.1) is 5.41 Å². The predicted molar refractivity (Wildman–Crippen MR) is 105 cm³/mol. The van der Waals surface area contributed by atoms with Crippen molar-refractivity contribution >= 4 is 11.9 Å². The third kappa shape index (κ3) is 7.26. The smallest absolute Gasteiger partial charge is 0.328 e. The normalized spacial score (nSPS) is 21.5. The van der Waals surface area contributed by atoms with Crippen LogP contribution < -0.4 is 0 Å². The highest BCUT2D eigenvalue weighted by Gasteiger charge is 2.33. The molecule has 0 radical (unpaired) electrons. The van der Waals surface area contributed by atoms with Crippen molar-refractivity contribution in [3.63, 3.8) is 0 Å². The zero-order valence-electron chi connectivity index (χ0n) is 16.6. The van der Waals surface area contributed by atoms with Crippen LogP contribution >= 0.6 is 0 Å². The van der Waals surface area contributed by atoms with E-state index in [9.17, 15) is 9.59 Å². The molecule has 0 heterocycles. The van der Waals surface area contributed by atoms with E-state index in [1.54, 1.807) is 13.0 Å². The lowest BCUT2D eigenvalue weighted by Gasteiger charge is -2.37. The molecule has 0 fully saturated rings. The molecule has 26 heavy (non-hydrogen) atoms. The van der Waals surface area contributed by atoms with Gasteiger partial charge in [-0.25, -0.2) is 4.79 Å². The van der Waals surface area contributed by atoms with Gasteiger partial charge in [-0.3, -0.25) is 4.79 Å². The summed E-state index contributed by atoms with van der Waals surface area (Å²) in [6.45, 7) is 11.6. The molecule has 1 rings (SSSR count). The maximum Gasteiger partial charge on any atom is 0.328 e. The number of carbonyl (C=O) groups is 2. The summed E-state index contributed by atoms with van der Waals surface area (Å²) in [6.07, 6.45) is 12.5. The Hall–Kier alpha value is -2.36. The third-order valence-corrected chi connectivity index (χ3v) is 4.38. The van der Waals surface area contributed by atoms with E-state index in [0.717, 1.165) is 18.4 Å². The van der Waals surface area contributed by atoms with Gasteiger partial charge in [0.15, 0.2) is 0 Å². The molecule has 0 saturated heterocycles. The van der Waals surface area contributed by atoms with Crippen molar-refractivity contribution in [3.05, 3.63) is 58.7 Å². The molecule has 1 N–H and O–H groups in total. The van der Waals surface area contributed by atoms with Gasteiger partial charge in [-0.1, -0.05) is 55.4 Å². The van der Waals surface area contributed by atoms with Crippen LogP contribution in [0.15, 0.2) is 58.7 Å². The topological polar surface area (TPSA) is 63.6 Å². The minimum Gasteiger partial charge on any atom is -0.478 e. The molecule has 0 aliphatic heterocycles. The summed E-state index contributed by atoms with van der Waals surface area (Å²) in [6, 6.07) is 0. The molecule has 1 atom stereocenters. The maximum atomic E-state index is 11.2. The Morgan fingerprint density at radius 3 is 2.35 bits per heavy atom. The number of carbonyl (C=O) groups excluding carboxylic acids is 1. The molecular weight excluding hydrogens is 328 g/mol. The van der Waals surface area contributed by atoms with Crippen molar-refractivity contribution in [1.29, 1.82) is 0 Å². The number of aliphatic carboxylic acids is 1.